The van der Waals surface area contributed by atoms with E-state index in [1.807, 2.05) is 0 Å². The van der Waals surface area contributed by atoms with Gasteiger partial charge in [0.25, 0.3) is 0 Å². The van der Waals surface area contributed by atoms with Gasteiger partial charge < -0.3 is 0 Å². The van der Waals surface area contributed by atoms with E-state index in [0.29, 0.717) is 0 Å². The monoisotopic (exact) mass is 160 g/mol. The van der Waals surface area contributed by atoms with E-state index < -0.39 is 0 Å². The second-order valence-electron chi connectivity index (χ2n) is 0. The van der Waals surface area contributed by atoms with Gasteiger partial charge in [-0.3, -0.25) is 0 Å². The van der Waals surface area contributed by atoms with Crippen molar-refractivity contribution in [2.45, 2.75) is 0 Å². The normalized spacial score (nSPS) is 0. The van der Waals surface area contributed by atoms with Gasteiger partial charge in [0.15, 0.2) is 0 Å². The standard InChI is InChI=1S/Ca.K.Mg.Na.H3P/h;;;;1H3. The van der Waals surface area contributed by atoms with Crippen LogP contribution in [0.25, 0.3) is 0 Å². The molecule has 0 aliphatic rings. The number of rotatable bonds is 0. The second-order valence-corrected chi connectivity index (χ2v) is 0. The Hall–Kier alpha value is 5.09. The van der Waals surface area contributed by atoms with Crippen molar-refractivity contribution in [3.63, 3.8) is 0 Å². The van der Waals surface area contributed by atoms with Crippen molar-refractivity contribution in [3.05, 3.63) is 0 Å². The molecule has 14 valence electrons. The summed E-state index contributed by atoms with van der Waals surface area (Å²) in [6, 6.07) is 0. The fraction of sp³-hybridized carbons (Fsp3) is 0. The summed E-state index contributed by atoms with van der Waals surface area (Å²) in [6.07, 6.45) is 0. The summed E-state index contributed by atoms with van der Waals surface area (Å²) in [4.78, 5) is 0. The molecule has 0 saturated heterocycles. The molecule has 0 aliphatic heterocycles. The van der Waals surface area contributed by atoms with Crippen LogP contribution < -0.4 is 0 Å². The van der Waals surface area contributed by atoms with Crippen LogP contribution in [0.3, 0.4) is 0 Å². The molecule has 0 rings (SSSR count). The van der Waals surface area contributed by atoms with E-state index in [9.17, 15) is 0 Å². The van der Waals surface area contributed by atoms with E-state index in [1.165, 1.54) is 0 Å². The van der Waals surface area contributed by atoms with Crippen molar-refractivity contribution >= 4 is 152 Å². The molecule has 0 bridgehead atoms. The number of hydrogen-bond donors (Lipinski definition) is 0. The van der Waals surface area contributed by atoms with E-state index in [1.54, 1.807) is 0 Å². The van der Waals surface area contributed by atoms with Gasteiger partial charge in [-0.05, 0) is 0 Å². The first-order valence-electron chi connectivity index (χ1n) is 0. The zero-order valence-corrected chi connectivity index (χ0v) is 14.3. The van der Waals surface area contributed by atoms with Crippen LogP contribution in [-0.2, 0) is 0 Å². The Kier molecular flexibility index (Phi) is 148. The zero-order chi connectivity index (χ0) is 0. The quantitative estimate of drug-likeness (QED) is 0.300. The van der Waals surface area contributed by atoms with Crippen LogP contribution in [0.4, 0.5) is 0 Å². The summed E-state index contributed by atoms with van der Waals surface area (Å²) in [6.45, 7) is 0. The maximum Gasteiger partial charge on any atom is 0 e. The van der Waals surface area contributed by atoms with Gasteiger partial charge in [-0.2, -0.15) is 9.90 Å². The van der Waals surface area contributed by atoms with Crippen LogP contribution in [0.15, 0.2) is 0 Å². The summed E-state index contributed by atoms with van der Waals surface area (Å²) < 4.78 is 0. The Morgan fingerprint density at radius 2 is 1.00 bits per heavy atom. The molecule has 0 N–H and O–H groups in total. The third-order valence-electron chi connectivity index (χ3n) is 0. The zero-order valence-electron chi connectivity index (χ0n) is 4.12. The molecular formula is H3CaKMgNaP. The average molecular weight is 160 g/mol. The first-order chi connectivity index (χ1) is 0. The van der Waals surface area contributed by atoms with Crippen LogP contribution >= 0.6 is 9.90 Å². The smallest absolute Gasteiger partial charge is 0 e. The van der Waals surface area contributed by atoms with Crippen molar-refractivity contribution in [1.29, 1.82) is 0 Å². The Labute approximate surface area is 147 Å². The van der Waals surface area contributed by atoms with E-state index >= 15 is 0 Å². The van der Waals surface area contributed by atoms with Crippen molar-refractivity contribution in [2.75, 3.05) is 0 Å². The largest absolute Gasteiger partial charge is 0.153 e. The van der Waals surface area contributed by atoms with Crippen molar-refractivity contribution in [1.82, 2.24) is 0 Å². The summed E-state index contributed by atoms with van der Waals surface area (Å²) in [7, 11) is 0. The molecule has 1 unspecified atom stereocenters. The van der Waals surface area contributed by atoms with Gasteiger partial charge in [0.2, 0.25) is 0 Å². The first kappa shape index (κ1) is 32.2. The predicted molar refractivity (Wildman–Crippen MR) is 34.1 cm³/mol. The predicted octanol–water partition coefficient (Wildman–Crippen LogP) is -1.47. The molecule has 6 radical (unpaired) electrons. The Balaban J connectivity index is 0. The topological polar surface area (TPSA) is 0 Å². The van der Waals surface area contributed by atoms with Gasteiger partial charge in [-0.15, -0.1) is 0 Å². The molecule has 0 aromatic carbocycles. The van der Waals surface area contributed by atoms with Crippen LogP contribution in [0.5, 0.6) is 0 Å². The van der Waals surface area contributed by atoms with Gasteiger partial charge in [-0.25, -0.2) is 0 Å². The van der Waals surface area contributed by atoms with Gasteiger partial charge in [0, 0.05) is 142 Å². The molecule has 0 heterocycles. The third kappa shape index (κ3) is 17.6. The van der Waals surface area contributed by atoms with Crippen LogP contribution in [-0.4, -0.2) is 142 Å². The molecule has 0 aromatic heterocycles. The Bertz CT molecular complexity index is 11.6. The van der Waals surface area contributed by atoms with Crippen molar-refractivity contribution < 1.29 is 0 Å². The molecule has 1 atom stereocenters. The fourth-order valence-corrected chi connectivity index (χ4v) is 0. The molecular weight excluding hydrogens is 157 g/mol. The van der Waals surface area contributed by atoms with Gasteiger partial charge in [0.05, 0.1) is 0 Å². The van der Waals surface area contributed by atoms with E-state index in [-0.39, 0.29) is 152 Å². The minimum Gasteiger partial charge on any atom is -0.153 e. The first-order valence-corrected chi connectivity index (χ1v) is 0. The number of hydrogen-bond acceptors (Lipinski definition) is 0. The van der Waals surface area contributed by atoms with E-state index in [0.717, 1.165) is 0 Å². The van der Waals surface area contributed by atoms with Crippen LogP contribution in [0, 0.1) is 0 Å². The van der Waals surface area contributed by atoms with Gasteiger partial charge in [0.1, 0.15) is 0 Å². The SMILES string of the molecule is P.[Ca].[K].[Mg].[Na]. The summed E-state index contributed by atoms with van der Waals surface area (Å²) in [5, 5.41) is 0. The Morgan fingerprint density at radius 3 is 1.00 bits per heavy atom. The van der Waals surface area contributed by atoms with E-state index in [2.05, 4.69) is 0 Å². The fourth-order valence-electron chi connectivity index (χ4n) is 0. The van der Waals surface area contributed by atoms with Crippen LogP contribution in [0.1, 0.15) is 0 Å². The molecule has 0 spiro atoms. The molecule has 0 nitrogen and oxygen atoms in total. The molecule has 0 aliphatic carbocycles. The molecule has 0 fully saturated rings. The van der Waals surface area contributed by atoms with Gasteiger partial charge >= 0.3 is 0 Å². The molecule has 0 aromatic rings. The molecule has 0 amide bonds. The molecule has 0 saturated carbocycles. The Morgan fingerprint density at radius 1 is 1.00 bits per heavy atom. The summed E-state index contributed by atoms with van der Waals surface area (Å²) in [5.74, 6) is 0. The maximum atomic E-state index is 0. The summed E-state index contributed by atoms with van der Waals surface area (Å²) in [5.41, 5.74) is 0. The summed E-state index contributed by atoms with van der Waals surface area (Å²) >= 11 is 0. The average Bonchev–Trinajstić information content (AvgIpc) is 0. The van der Waals surface area contributed by atoms with Crippen molar-refractivity contribution in [2.24, 2.45) is 0 Å². The van der Waals surface area contributed by atoms with Gasteiger partial charge in [-0.1, -0.05) is 0 Å². The second kappa shape index (κ2) is 23.0. The third-order valence-corrected chi connectivity index (χ3v) is 0. The van der Waals surface area contributed by atoms with Crippen molar-refractivity contribution in [3.8, 4) is 0 Å². The molecule has 5 heteroatoms. The minimum absolute atomic E-state index is 0. The maximum absolute atomic E-state index is 0. The minimum atomic E-state index is 0. The van der Waals surface area contributed by atoms with E-state index in [4.69, 9.17) is 0 Å². The molecule has 5 heavy (non-hydrogen) atoms. The van der Waals surface area contributed by atoms with Crippen LogP contribution in [0.2, 0.25) is 0 Å².